The number of rotatable bonds is 2. The van der Waals surface area contributed by atoms with Crippen LogP contribution in [0.5, 0.6) is 0 Å². The summed E-state index contributed by atoms with van der Waals surface area (Å²) in [5.41, 5.74) is 7.04. The lowest BCUT2D eigenvalue weighted by atomic mass is 10.4. The lowest BCUT2D eigenvalue weighted by molar-refractivity contribution is -0.118. The fourth-order valence-corrected chi connectivity index (χ4v) is 1.21. The molecule has 0 aliphatic rings. The highest BCUT2D eigenvalue weighted by Gasteiger charge is 2.08. The van der Waals surface area contributed by atoms with Crippen molar-refractivity contribution < 1.29 is 4.79 Å². The highest BCUT2D eigenvalue weighted by Crippen LogP contribution is 2.08. The number of nitrogens with zero attached hydrogens (tertiary/aromatic N) is 2. The number of aryl methyl sites for hydroxylation is 2. The van der Waals surface area contributed by atoms with Crippen molar-refractivity contribution in [1.82, 2.24) is 9.55 Å². The largest absolute Gasteiger partial charge is 0.368 e. The maximum absolute atomic E-state index is 10.7. The maximum Gasteiger partial charge on any atom is 0.237 e. The van der Waals surface area contributed by atoms with Crippen LogP contribution in [0.3, 0.4) is 0 Å². The van der Waals surface area contributed by atoms with Gasteiger partial charge in [0.15, 0.2) is 0 Å². The molecule has 4 heteroatoms. The third kappa shape index (κ3) is 1.47. The first-order valence-corrected chi connectivity index (χ1v) is 3.81. The number of amides is 1. The summed E-state index contributed by atoms with van der Waals surface area (Å²) in [6.45, 7) is 5.93. The van der Waals surface area contributed by atoms with Gasteiger partial charge in [-0.3, -0.25) is 4.79 Å². The van der Waals surface area contributed by atoms with Crippen molar-refractivity contribution in [2.75, 3.05) is 0 Å². The maximum atomic E-state index is 10.7. The van der Waals surface area contributed by atoms with Gasteiger partial charge in [0.1, 0.15) is 12.4 Å². The van der Waals surface area contributed by atoms with E-state index >= 15 is 0 Å². The van der Waals surface area contributed by atoms with E-state index in [1.165, 1.54) is 0 Å². The number of nitrogens with two attached hydrogens (primary N) is 1. The molecule has 0 aromatic carbocycles. The summed E-state index contributed by atoms with van der Waals surface area (Å²) >= 11 is 0. The van der Waals surface area contributed by atoms with Gasteiger partial charge in [-0.25, -0.2) is 4.98 Å². The Labute approximate surface area is 71.4 Å². The first kappa shape index (κ1) is 8.77. The van der Waals surface area contributed by atoms with Crippen LogP contribution >= 0.6 is 0 Å². The molecule has 1 aromatic heterocycles. The average Bonchev–Trinajstić information content (AvgIpc) is 2.16. The molecule has 0 aliphatic heterocycles. The SMILES string of the molecule is Cc1nc(C)n(CC(N)=O)c1C. The number of aromatic nitrogens is 2. The van der Waals surface area contributed by atoms with Crippen LogP contribution in [0, 0.1) is 20.8 Å². The van der Waals surface area contributed by atoms with Crippen molar-refractivity contribution in [3.8, 4) is 0 Å². The first-order valence-electron chi connectivity index (χ1n) is 3.81. The number of hydrogen-bond acceptors (Lipinski definition) is 2. The predicted molar refractivity (Wildman–Crippen MR) is 45.6 cm³/mol. The molecular formula is C8H13N3O. The summed E-state index contributed by atoms with van der Waals surface area (Å²) in [7, 11) is 0. The Morgan fingerprint density at radius 2 is 2.08 bits per heavy atom. The molecule has 0 bridgehead atoms. The molecule has 0 saturated carbocycles. The number of hydrogen-bond donors (Lipinski definition) is 1. The molecule has 0 atom stereocenters. The van der Waals surface area contributed by atoms with E-state index in [-0.39, 0.29) is 12.5 Å². The third-order valence-electron chi connectivity index (χ3n) is 1.96. The molecule has 2 N–H and O–H groups in total. The molecule has 4 nitrogen and oxygen atoms in total. The Hall–Kier alpha value is -1.32. The van der Waals surface area contributed by atoms with Crippen molar-refractivity contribution in [3.05, 3.63) is 17.2 Å². The molecule has 0 spiro atoms. The molecule has 0 radical (unpaired) electrons. The molecule has 1 aromatic rings. The van der Waals surface area contributed by atoms with E-state index < -0.39 is 0 Å². The van der Waals surface area contributed by atoms with Gasteiger partial charge in [0.2, 0.25) is 5.91 Å². The van der Waals surface area contributed by atoms with E-state index in [0.717, 1.165) is 17.2 Å². The summed E-state index contributed by atoms with van der Waals surface area (Å²) in [5, 5.41) is 0. The fraction of sp³-hybridized carbons (Fsp3) is 0.500. The van der Waals surface area contributed by atoms with Crippen molar-refractivity contribution in [3.63, 3.8) is 0 Å². The topological polar surface area (TPSA) is 60.9 Å². The zero-order chi connectivity index (χ0) is 9.30. The van der Waals surface area contributed by atoms with Crippen LogP contribution in [0.2, 0.25) is 0 Å². The summed E-state index contributed by atoms with van der Waals surface area (Å²) < 4.78 is 1.82. The van der Waals surface area contributed by atoms with Crippen LogP contribution in [-0.2, 0) is 11.3 Å². The van der Waals surface area contributed by atoms with Gasteiger partial charge in [-0.2, -0.15) is 0 Å². The van der Waals surface area contributed by atoms with E-state index in [0.29, 0.717) is 0 Å². The standard InChI is InChI=1S/C8H13N3O/c1-5-6(2)11(4-8(9)12)7(3)10-5/h4H2,1-3H3,(H2,9,12). The van der Waals surface area contributed by atoms with E-state index in [4.69, 9.17) is 5.73 Å². The van der Waals surface area contributed by atoms with Gasteiger partial charge < -0.3 is 10.3 Å². The van der Waals surface area contributed by atoms with Crippen molar-refractivity contribution >= 4 is 5.91 Å². The molecular weight excluding hydrogens is 154 g/mol. The number of carbonyl (C=O) groups excluding carboxylic acids is 1. The van der Waals surface area contributed by atoms with Gasteiger partial charge in [-0.15, -0.1) is 0 Å². The quantitative estimate of drug-likeness (QED) is 0.688. The second kappa shape index (κ2) is 2.97. The molecule has 0 saturated heterocycles. The summed E-state index contributed by atoms with van der Waals surface area (Å²) in [4.78, 5) is 14.9. The highest BCUT2D eigenvalue weighted by molar-refractivity contribution is 5.73. The number of imidazole rings is 1. The number of primary amides is 1. The third-order valence-corrected chi connectivity index (χ3v) is 1.96. The minimum atomic E-state index is -0.335. The second-order valence-corrected chi connectivity index (χ2v) is 2.88. The number of carbonyl (C=O) groups is 1. The lowest BCUT2D eigenvalue weighted by Gasteiger charge is -2.03. The Morgan fingerprint density at radius 3 is 2.42 bits per heavy atom. The lowest BCUT2D eigenvalue weighted by Crippen LogP contribution is -2.20. The van der Waals surface area contributed by atoms with E-state index in [2.05, 4.69) is 4.98 Å². The van der Waals surface area contributed by atoms with Crippen molar-refractivity contribution in [2.24, 2.45) is 5.73 Å². The molecule has 0 aliphatic carbocycles. The molecule has 0 unspecified atom stereocenters. The Bertz CT molecular complexity index is 314. The molecule has 1 rings (SSSR count). The van der Waals surface area contributed by atoms with Crippen molar-refractivity contribution in [2.45, 2.75) is 27.3 Å². The van der Waals surface area contributed by atoms with Gasteiger partial charge >= 0.3 is 0 Å². The summed E-state index contributed by atoms with van der Waals surface area (Å²) in [6, 6.07) is 0. The summed E-state index contributed by atoms with van der Waals surface area (Å²) in [6.07, 6.45) is 0. The van der Waals surface area contributed by atoms with Crippen LogP contribution in [0.4, 0.5) is 0 Å². The fourth-order valence-electron chi connectivity index (χ4n) is 1.21. The molecule has 1 heterocycles. The first-order chi connectivity index (χ1) is 5.52. The zero-order valence-electron chi connectivity index (χ0n) is 7.59. The second-order valence-electron chi connectivity index (χ2n) is 2.88. The highest BCUT2D eigenvalue weighted by atomic mass is 16.1. The zero-order valence-corrected chi connectivity index (χ0v) is 7.59. The van der Waals surface area contributed by atoms with E-state index in [1.807, 2.05) is 25.3 Å². The monoisotopic (exact) mass is 167 g/mol. The minimum absolute atomic E-state index is 0.221. The molecule has 66 valence electrons. The smallest absolute Gasteiger partial charge is 0.237 e. The van der Waals surface area contributed by atoms with E-state index in [9.17, 15) is 4.79 Å². The molecule has 1 amide bonds. The Kier molecular flexibility index (Phi) is 2.17. The van der Waals surface area contributed by atoms with Crippen LogP contribution in [0.15, 0.2) is 0 Å². The predicted octanol–water partition coefficient (Wildman–Crippen LogP) is 0.294. The van der Waals surface area contributed by atoms with Gasteiger partial charge in [0.05, 0.1) is 5.69 Å². The van der Waals surface area contributed by atoms with Gasteiger partial charge in [0.25, 0.3) is 0 Å². The normalized spacial score (nSPS) is 10.2. The minimum Gasteiger partial charge on any atom is -0.368 e. The van der Waals surface area contributed by atoms with Crippen LogP contribution in [0.25, 0.3) is 0 Å². The van der Waals surface area contributed by atoms with Crippen LogP contribution < -0.4 is 5.73 Å². The summed E-state index contributed by atoms with van der Waals surface area (Å²) in [5.74, 6) is 0.502. The molecule has 0 fully saturated rings. The molecule has 12 heavy (non-hydrogen) atoms. The Morgan fingerprint density at radius 1 is 1.50 bits per heavy atom. The van der Waals surface area contributed by atoms with Crippen molar-refractivity contribution in [1.29, 1.82) is 0 Å². The van der Waals surface area contributed by atoms with E-state index in [1.54, 1.807) is 0 Å². The average molecular weight is 167 g/mol. The van der Waals surface area contributed by atoms with Gasteiger partial charge in [-0.1, -0.05) is 0 Å². The van der Waals surface area contributed by atoms with Gasteiger partial charge in [-0.05, 0) is 20.8 Å². The van der Waals surface area contributed by atoms with Gasteiger partial charge in [0, 0.05) is 5.69 Å². The van der Waals surface area contributed by atoms with Crippen LogP contribution in [-0.4, -0.2) is 15.5 Å². The Balaban J connectivity index is 3.05. The van der Waals surface area contributed by atoms with Crippen LogP contribution in [0.1, 0.15) is 17.2 Å².